The van der Waals surface area contributed by atoms with Gasteiger partial charge >= 0.3 is 0 Å². The Hall–Kier alpha value is -1.42. The summed E-state index contributed by atoms with van der Waals surface area (Å²) < 4.78 is 24.3. The summed E-state index contributed by atoms with van der Waals surface area (Å²) in [6.07, 6.45) is 22.7. The number of nitrogens with zero attached hydrogens (tertiary/aromatic N) is 2. The van der Waals surface area contributed by atoms with Crippen LogP contribution in [0, 0.1) is 68.0 Å². The predicted octanol–water partition coefficient (Wildman–Crippen LogP) is 9.67. The molecular weight excluding hydrogens is 647 g/mol. The van der Waals surface area contributed by atoms with E-state index in [0.717, 1.165) is 70.1 Å². The van der Waals surface area contributed by atoms with Gasteiger partial charge in [0, 0.05) is 24.9 Å². The van der Waals surface area contributed by atoms with Crippen molar-refractivity contribution in [3.05, 3.63) is 35.5 Å². The third-order valence-electron chi connectivity index (χ3n) is 18.1. The van der Waals surface area contributed by atoms with Gasteiger partial charge in [-0.05, 0) is 179 Å². The summed E-state index contributed by atoms with van der Waals surface area (Å²) in [6.45, 7) is 26.3. The first-order valence-electron chi connectivity index (χ1n) is 21.0. The molecule has 1 heterocycles. The zero-order valence-electron chi connectivity index (χ0n) is 33.7. The van der Waals surface area contributed by atoms with E-state index in [1.165, 1.54) is 69.6 Å². The molecule has 1 unspecified atom stereocenters. The van der Waals surface area contributed by atoms with E-state index in [9.17, 15) is 13.7 Å². The van der Waals surface area contributed by atoms with Crippen LogP contribution in [-0.4, -0.2) is 56.5 Å². The van der Waals surface area contributed by atoms with Gasteiger partial charge in [-0.2, -0.15) is 5.26 Å². The second kappa shape index (κ2) is 12.8. The van der Waals surface area contributed by atoms with Crippen LogP contribution in [0.2, 0.25) is 0 Å². The zero-order chi connectivity index (χ0) is 36.8. The highest BCUT2D eigenvalue weighted by molar-refractivity contribution is 7.91. The minimum Gasteiger partial charge on any atom is -0.310 e. The van der Waals surface area contributed by atoms with Crippen LogP contribution in [0.15, 0.2) is 35.5 Å². The number of piperidine rings is 1. The second-order valence-corrected chi connectivity index (χ2v) is 23.1. The van der Waals surface area contributed by atoms with Gasteiger partial charge in [-0.15, -0.1) is 0 Å². The minimum atomic E-state index is -2.94. The monoisotopic (exact) mass is 718 g/mol. The number of rotatable bonds is 7. The number of allylic oxidation sites excluding steroid dienone is 5. The van der Waals surface area contributed by atoms with Crippen LogP contribution in [-0.2, 0) is 9.84 Å². The molecule has 1 N–H and O–H groups in total. The summed E-state index contributed by atoms with van der Waals surface area (Å²) in [5, 5.41) is 13.9. The average Bonchev–Trinajstić information content (AvgIpc) is 3.45. The lowest BCUT2D eigenvalue weighted by Gasteiger charge is -2.72. The van der Waals surface area contributed by atoms with Crippen LogP contribution in [0.5, 0.6) is 0 Å². The van der Waals surface area contributed by atoms with Crippen LogP contribution in [0.1, 0.15) is 138 Å². The molecule has 7 rings (SSSR count). The first kappa shape index (κ1) is 37.9. The molecule has 5 fully saturated rings. The molecule has 1 saturated heterocycles. The fourth-order valence-corrected chi connectivity index (χ4v) is 16.0. The lowest BCUT2D eigenvalue weighted by atomic mass is 9.33. The number of fused-ring (bicyclic) bond motifs is 7. The van der Waals surface area contributed by atoms with Gasteiger partial charge in [0.05, 0.1) is 16.7 Å². The highest BCUT2D eigenvalue weighted by Crippen LogP contribution is 2.76. The van der Waals surface area contributed by atoms with Gasteiger partial charge in [0.25, 0.3) is 0 Å². The summed E-state index contributed by atoms with van der Waals surface area (Å²) >= 11 is 0. The molecule has 0 radical (unpaired) electrons. The number of likely N-dealkylation sites (tertiary alicyclic amines) is 1. The van der Waals surface area contributed by atoms with Gasteiger partial charge in [0.1, 0.15) is 9.84 Å². The molecule has 7 aliphatic rings. The van der Waals surface area contributed by atoms with Crippen LogP contribution in [0.3, 0.4) is 0 Å². The quantitative estimate of drug-likeness (QED) is 0.266. The summed E-state index contributed by atoms with van der Waals surface area (Å²) in [7, 11) is -2.94. The highest BCUT2D eigenvalue weighted by atomic mass is 32.2. The lowest BCUT2D eigenvalue weighted by Crippen LogP contribution is -2.68. The maximum Gasteiger partial charge on any atom is 0.150 e. The van der Waals surface area contributed by atoms with Gasteiger partial charge in [0.2, 0.25) is 0 Å². The first-order valence-corrected chi connectivity index (χ1v) is 22.9. The zero-order valence-corrected chi connectivity index (χ0v) is 34.5. The molecule has 0 aromatic rings. The van der Waals surface area contributed by atoms with E-state index in [0.29, 0.717) is 34.0 Å². The molecule has 0 bridgehead atoms. The Morgan fingerprint density at radius 2 is 1.63 bits per heavy atom. The van der Waals surface area contributed by atoms with Crippen molar-refractivity contribution < 1.29 is 8.42 Å². The predicted molar refractivity (Wildman–Crippen MR) is 211 cm³/mol. The molecule has 5 nitrogen and oxygen atoms in total. The van der Waals surface area contributed by atoms with E-state index < -0.39 is 9.84 Å². The Balaban J connectivity index is 1.11. The van der Waals surface area contributed by atoms with Gasteiger partial charge in [-0.1, -0.05) is 58.9 Å². The number of nitriles is 1. The minimum absolute atomic E-state index is 0.153. The first-order chi connectivity index (χ1) is 23.8. The molecule has 10 atom stereocenters. The summed E-state index contributed by atoms with van der Waals surface area (Å²) in [5.74, 6) is 3.41. The van der Waals surface area contributed by atoms with E-state index in [4.69, 9.17) is 0 Å². The van der Waals surface area contributed by atoms with Gasteiger partial charge in [-0.25, -0.2) is 8.42 Å². The molecule has 6 aliphatic carbocycles. The Morgan fingerprint density at radius 3 is 2.25 bits per heavy atom. The van der Waals surface area contributed by atoms with E-state index >= 15 is 0 Å². The average molecular weight is 718 g/mol. The Labute approximate surface area is 312 Å². The van der Waals surface area contributed by atoms with Crippen LogP contribution in [0.4, 0.5) is 0 Å². The number of hydrogen-bond donors (Lipinski definition) is 1. The lowest BCUT2D eigenvalue weighted by molar-refractivity contribution is -0.221. The fourth-order valence-electron chi connectivity index (χ4n) is 14.9. The molecule has 0 aromatic heterocycles. The van der Waals surface area contributed by atoms with Crippen LogP contribution >= 0.6 is 0 Å². The van der Waals surface area contributed by atoms with Crippen molar-refractivity contribution >= 4 is 9.84 Å². The van der Waals surface area contributed by atoms with Gasteiger partial charge < -0.3 is 10.2 Å². The van der Waals surface area contributed by atoms with Crippen molar-refractivity contribution in [2.45, 2.75) is 149 Å². The summed E-state index contributed by atoms with van der Waals surface area (Å²) in [6, 6.07) is 2.60. The van der Waals surface area contributed by atoms with Crippen LogP contribution < -0.4 is 5.32 Å². The van der Waals surface area contributed by atoms with Crippen molar-refractivity contribution in [1.29, 1.82) is 5.26 Å². The second-order valence-electron chi connectivity index (χ2n) is 20.8. The number of sulfone groups is 1. The molecule has 6 heteroatoms. The summed E-state index contributed by atoms with van der Waals surface area (Å²) in [5.41, 5.74) is 5.67. The van der Waals surface area contributed by atoms with Crippen LogP contribution in [0.25, 0.3) is 0 Å². The third kappa shape index (κ3) is 5.91. The van der Waals surface area contributed by atoms with Crippen molar-refractivity contribution in [1.82, 2.24) is 10.2 Å². The largest absolute Gasteiger partial charge is 0.310 e. The van der Waals surface area contributed by atoms with Gasteiger partial charge in [-0.3, -0.25) is 0 Å². The Bertz CT molecular complexity index is 1610. The molecule has 0 amide bonds. The molecule has 4 saturated carbocycles. The standard InChI is InChI=1S/C45H71N3O2S/c1-31(2)34-14-23-45(47-26-29-48-27-17-33(18-28-48)51(9,49)50)25-24-43(7)36(39(34)45)10-11-38-42(6)21-15-35(32-12-19-41(5,30-46)20-13-32)40(3,4)37(42)16-22-44(38,43)8/h12,15,33-34,36-39,47H,1,10-11,13-14,16-29H2,2-9H3/t34-,36+,37-,38+,39+,41?,42-,43+,44+,45-/m0/s1. The maximum atomic E-state index is 12.1. The molecule has 1 aliphatic heterocycles. The third-order valence-corrected chi connectivity index (χ3v) is 19.7. The number of nitrogens with one attached hydrogen (secondary N) is 1. The van der Waals surface area contributed by atoms with E-state index in [2.05, 4.69) is 83.5 Å². The van der Waals surface area contributed by atoms with Gasteiger partial charge in [0.15, 0.2) is 0 Å². The van der Waals surface area contributed by atoms with E-state index in [-0.39, 0.29) is 21.6 Å². The maximum absolute atomic E-state index is 12.1. The van der Waals surface area contributed by atoms with E-state index in [1.54, 1.807) is 11.1 Å². The number of hydrogen-bond acceptors (Lipinski definition) is 5. The van der Waals surface area contributed by atoms with Crippen molar-refractivity contribution in [2.75, 3.05) is 32.4 Å². The normalized spacial score (nSPS) is 45.7. The smallest absolute Gasteiger partial charge is 0.150 e. The van der Waals surface area contributed by atoms with Crippen molar-refractivity contribution in [3.8, 4) is 6.07 Å². The van der Waals surface area contributed by atoms with E-state index in [1.807, 2.05) is 0 Å². The molecular formula is C45H71N3O2S. The topological polar surface area (TPSA) is 73.2 Å². The highest BCUT2D eigenvalue weighted by Gasteiger charge is 2.70. The molecule has 0 spiro atoms. The Kier molecular flexibility index (Phi) is 9.53. The SMILES string of the molecule is C=C(C)[C@@H]1CC[C@]2(NCCN3CCC(S(C)(=O)=O)CC3)CC[C@]3(C)[C@H](CC[C@@H]4[C@@]5(C)CC=C(C6=CCC(C)(C#N)CC6)C(C)(C)[C@@H]5CC[C@]43C)[C@@H]12. The fraction of sp³-hybridized carbons (Fsp3) is 0.844. The molecule has 284 valence electrons. The van der Waals surface area contributed by atoms with Crippen molar-refractivity contribution in [2.24, 2.45) is 56.7 Å². The molecule has 0 aromatic carbocycles. The Morgan fingerprint density at radius 1 is 0.902 bits per heavy atom. The summed E-state index contributed by atoms with van der Waals surface area (Å²) in [4.78, 5) is 2.50. The molecule has 51 heavy (non-hydrogen) atoms. The van der Waals surface area contributed by atoms with Crippen molar-refractivity contribution in [3.63, 3.8) is 0 Å².